The smallest absolute Gasteiger partial charge is 0.215 e. The van der Waals surface area contributed by atoms with Gasteiger partial charge in [0.15, 0.2) is 0 Å². The number of nitrogens with one attached hydrogen (secondary N) is 2. The lowest BCUT2D eigenvalue weighted by molar-refractivity contribution is 0.581. The van der Waals surface area contributed by atoms with Crippen LogP contribution in [0, 0.1) is 0 Å². The molecule has 3 rings (SSSR count). The van der Waals surface area contributed by atoms with Crippen molar-refractivity contribution in [1.82, 2.24) is 14.7 Å². The molecule has 2 aromatic carbocycles. The van der Waals surface area contributed by atoms with Crippen molar-refractivity contribution < 1.29 is 8.42 Å². The number of hydrogen-bond donors (Lipinski definition) is 2. The van der Waals surface area contributed by atoms with E-state index in [9.17, 15) is 8.42 Å². The average molecular weight is 315 g/mol. The van der Waals surface area contributed by atoms with Crippen molar-refractivity contribution in [3.8, 4) is 0 Å². The van der Waals surface area contributed by atoms with Gasteiger partial charge < -0.3 is 4.98 Å². The highest BCUT2D eigenvalue weighted by molar-refractivity contribution is 7.88. The zero-order valence-corrected chi connectivity index (χ0v) is 12.8. The van der Waals surface area contributed by atoms with Gasteiger partial charge in [-0.3, -0.25) is 0 Å². The molecule has 0 atom stereocenters. The van der Waals surface area contributed by atoms with Gasteiger partial charge in [-0.1, -0.05) is 36.4 Å². The van der Waals surface area contributed by atoms with Gasteiger partial charge in [-0.05, 0) is 29.7 Å². The molecule has 0 saturated carbocycles. The predicted molar refractivity (Wildman–Crippen MR) is 86.9 cm³/mol. The zero-order chi connectivity index (χ0) is 15.4. The summed E-state index contributed by atoms with van der Waals surface area (Å²) in [7, 11) is -3.31. The first-order valence-electron chi connectivity index (χ1n) is 7.06. The van der Waals surface area contributed by atoms with Crippen LogP contribution in [0.1, 0.15) is 11.1 Å². The van der Waals surface area contributed by atoms with E-state index in [4.69, 9.17) is 0 Å². The van der Waals surface area contributed by atoms with Crippen molar-refractivity contribution in [1.29, 1.82) is 0 Å². The number of benzene rings is 2. The molecule has 6 heteroatoms. The lowest BCUT2D eigenvalue weighted by atomic mass is 10.1. The van der Waals surface area contributed by atoms with Crippen LogP contribution in [-0.2, 0) is 22.2 Å². The Labute approximate surface area is 129 Å². The van der Waals surface area contributed by atoms with E-state index in [1.807, 2.05) is 48.5 Å². The molecule has 1 heterocycles. The fraction of sp³-hybridized carbons (Fsp3) is 0.188. The Morgan fingerprint density at radius 1 is 1.05 bits per heavy atom. The third-order valence-electron chi connectivity index (χ3n) is 3.42. The van der Waals surface area contributed by atoms with Crippen LogP contribution in [0.2, 0.25) is 0 Å². The van der Waals surface area contributed by atoms with Gasteiger partial charge in [0.1, 0.15) is 0 Å². The highest BCUT2D eigenvalue weighted by Gasteiger charge is 2.10. The molecule has 3 aromatic rings. The second kappa shape index (κ2) is 6.29. The van der Waals surface area contributed by atoms with Crippen molar-refractivity contribution in [2.75, 3.05) is 6.54 Å². The van der Waals surface area contributed by atoms with E-state index in [1.54, 1.807) is 6.33 Å². The molecule has 1 aromatic heterocycles. The SMILES string of the molecule is O=S(=O)(Cc1ccccc1)NCCc1ccc2nc[nH]c2c1. The number of H-pyrrole nitrogens is 1. The third kappa shape index (κ3) is 3.72. The van der Waals surface area contributed by atoms with Crippen molar-refractivity contribution in [2.24, 2.45) is 0 Å². The number of fused-ring (bicyclic) bond motifs is 1. The summed E-state index contributed by atoms with van der Waals surface area (Å²) in [6.45, 7) is 0.384. The molecule has 22 heavy (non-hydrogen) atoms. The van der Waals surface area contributed by atoms with Crippen molar-refractivity contribution >= 4 is 21.1 Å². The number of rotatable bonds is 6. The summed E-state index contributed by atoms with van der Waals surface area (Å²) in [5.74, 6) is 0.00736. The summed E-state index contributed by atoms with van der Waals surface area (Å²) in [6.07, 6.45) is 2.29. The van der Waals surface area contributed by atoms with E-state index in [0.29, 0.717) is 13.0 Å². The fourth-order valence-corrected chi connectivity index (χ4v) is 3.48. The fourth-order valence-electron chi connectivity index (χ4n) is 2.33. The molecule has 0 saturated heterocycles. The molecule has 0 bridgehead atoms. The normalized spacial score (nSPS) is 11.8. The molecule has 2 N–H and O–H groups in total. The number of aromatic nitrogens is 2. The van der Waals surface area contributed by atoms with Gasteiger partial charge >= 0.3 is 0 Å². The highest BCUT2D eigenvalue weighted by atomic mass is 32.2. The van der Waals surface area contributed by atoms with Crippen molar-refractivity contribution in [3.05, 3.63) is 66.0 Å². The van der Waals surface area contributed by atoms with E-state index >= 15 is 0 Å². The molecule has 0 aliphatic carbocycles. The quantitative estimate of drug-likeness (QED) is 0.732. The minimum Gasteiger partial charge on any atom is -0.345 e. The monoisotopic (exact) mass is 315 g/mol. The molecule has 0 radical (unpaired) electrons. The summed E-state index contributed by atoms with van der Waals surface area (Å²) in [6, 6.07) is 15.1. The highest BCUT2D eigenvalue weighted by Crippen LogP contribution is 2.12. The van der Waals surface area contributed by atoms with Crippen LogP contribution < -0.4 is 4.72 Å². The number of hydrogen-bond acceptors (Lipinski definition) is 3. The lowest BCUT2D eigenvalue weighted by Crippen LogP contribution is -2.27. The van der Waals surface area contributed by atoms with Gasteiger partial charge in [0.05, 0.1) is 23.1 Å². The summed E-state index contributed by atoms with van der Waals surface area (Å²) in [5.41, 5.74) is 3.73. The van der Waals surface area contributed by atoms with Gasteiger partial charge in [-0.2, -0.15) is 0 Å². The van der Waals surface area contributed by atoms with E-state index in [1.165, 1.54) is 0 Å². The summed E-state index contributed by atoms with van der Waals surface area (Å²) < 4.78 is 26.7. The molecule has 0 amide bonds. The van der Waals surface area contributed by atoms with Gasteiger partial charge in [0, 0.05) is 6.54 Å². The number of imidazole rings is 1. The minimum atomic E-state index is -3.31. The van der Waals surface area contributed by atoms with Gasteiger partial charge in [0.25, 0.3) is 0 Å². The number of aromatic amines is 1. The van der Waals surface area contributed by atoms with E-state index < -0.39 is 10.0 Å². The Bertz CT molecular complexity index is 857. The van der Waals surface area contributed by atoms with E-state index in [2.05, 4.69) is 14.7 Å². The molecule has 0 fully saturated rings. The topological polar surface area (TPSA) is 74.8 Å². The molecule has 5 nitrogen and oxygen atoms in total. The summed E-state index contributed by atoms with van der Waals surface area (Å²) in [4.78, 5) is 7.21. The maximum Gasteiger partial charge on any atom is 0.215 e. The Morgan fingerprint density at radius 3 is 2.68 bits per heavy atom. The first-order chi connectivity index (χ1) is 10.6. The molecule has 0 aliphatic rings. The van der Waals surface area contributed by atoms with Crippen LogP contribution in [0.3, 0.4) is 0 Å². The standard InChI is InChI=1S/C16H17N3O2S/c20-22(21,11-14-4-2-1-3-5-14)19-9-8-13-6-7-15-16(10-13)18-12-17-15/h1-7,10,12,19H,8-9,11H2,(H,17,18). The number of sulfonamides is 1. The van der Waals surface area contributed by atoms with Crippen LogP contribution in [0.15, 0.2) is 54.9 Å². The second-order valence-electron chi connectivity index (χ2n) is 5.14. The second-order valence-corrected chi connectivity index (χ2v) is 6.95. The van der Waals surface area contributed by atoms with Crippen LogP contribution in [0.5, 0.6) is 0 Å². The minimum absolute atomic E-state index is 0.00736. The Balaban J connectivity index is 1.57. The van der Waals surface area contributed by atoms with Crippen LogP contribution in [-0.4, -0.2) is 24.9 Å². The van der Waals surface area contributed by atoms with Crippen LogP contribution in [0.25, 0.3) is 11.0 Å². The maximum absolute atomic E-state index is 12.0. The average Bonchev–Trinajstić information content (AvgIpc) is 2.95. The van der Waals surface area contributed by atoms with Crippen LogP contribution >= 0.6 is 0 Å². The van der Waals surface area contributed by atoms with Gasteiger partial charge in [0.2, 0.25) is 10.0 Å². The molecular formula is C16H17N3O2S. The van der Waals surface area contributed by atoms with Crippen LogP contribution in [0.4, 0.5) is 0 Å². The zero-order valence-electron chi connectivity index (χ0n) is 12.0. The summed E-state index contributed by atoms with van der Waals surface area (Å²) in [5, 5.41) is 0. The van der Waals surface area contributed by atoms with Crippen molar-refractivity contribution in [2.45, 2.75) is 12.2 Å². The Morgan fingerprint density at radius 2 is 1.86 bits per heavy atom. The molecule has 0 unspecified atom stereocenters. The number of nitrogens with zero attached hydrogens (tertiary/aromatic N) is 1. The lowest BCUT2D eigenvalue weighted by Gasteiger charge is -2.07. The maximum atomic E-state index is 12.0. The first-order valence-corrected chi connectivity index (χ1v) is 8.71. The molecular weight excluding hydrogens is 298 g/mol. The summed E-state index contributed by atoms with van der Waals surface area (Å²) >= 11 is 0. The largest absolute Gasteiger partial charge is 0.345 e. The Kier molecular flexibility index (Phi) is 4.22. The molecule has 0 aliphatic heterocycles. The predicted octanol–water partition coefficient (Wildman–Crippen LogP) is 2.23. The van der Waals surface area contributed by atoms with Gasteiger partial charge in [-0.25, -0.2) is 18.1 Å². The van der Waals surface area contributed by atoms with Crippen molar-refractivity contribution in [3.63, 3.8) is 0 Å². The molecule has 114 valence electrons. The van der Waals surface area contributed by atoms with E-state index in [0.717, 1.165) is 22.2 Å². The first kappa shape index (κ1) is 14.7. The Hall–Kier alpha value is -2.18. The third-order valence-corrected chi connectivity index (χ3v) is 4.78. The molecule has 0 spiro atoms. The van der Waals surface area contributed by atoms with E-state index in [-0.39, 0.29) is 5.75 Å². The van der Waals surface area contributed by atoms with Gasteiger partial charge in [-0.15, -0.1) is 0 Å².